The van der Waals surface area contributed by atoms with Crippen molar-refractivity contribution in [2.75, 3.05) is 0 Å². The molecule has 4 bridgehead atoms. The van der Waals surface area contributed by atoms with Crippen LogP contribution in [0.1, 0.15) is 62.1 Å². The molecule has 2 aromatic carbocycles. The van der Waals surface area contributed by atoms with E-state index in [9.17, 15) is 15.2 Å². The Labute approximate surface area is 230 Å². The van der Waals surface area contributed by atoms with Gasteiger partial charge in [-0.2, -0.15) is 5.26 Å². The Bertz CT molecular complexity index is 1180. The first kappa shape index (κ1) is 26.5. The van der Waals surface area contributed by atoms with Crippen LogP contribution in [0.25, 0.3) is 0 Å². The van der Waals surface area contributed by atoms with Gasteiger partial charge in [-0.15, -0.1) is 0 Å². The molecule has 2 aromatic rings. The number of nitriles is 1. The highest BCUT2D eigenvalue weighted by Gasteiger charge is 2.55. The lowest BCUT2D eigenvalue weighted by atomic mass is 9.54. The molecule has 4 aliphatic carbocycles. The molecule has 5 atom stereocenters. The molecule has 1 aliphatic heterocycles. The standard InChI is InChI=1S/C32H38N2O5/c1-20-29(36)28(34-27(35)14-25-9-5-6-10-26(25)18-33)30(37-19-21-7-3-2-4-8-21)31(38-20)39-32-15-22-11-23(16-32)13-24(12-22)17-32/h2-10,20,22-24,28-31,36H,11-17,19H2,1H3,(H,34,35)/t20-,22?,23?,24?,28+,29-,30+,31+,32?/m1/s1. The van der Waals surface area contributed by atoms with E-state index in [1.54, 1.807) is 18.2 Å². The van der Waals surface area contributed by atoms with E-state index >= 15 is 0 Å². The number of nitrogens with zero attached hydrogens (tertiary/aromatic N) is 1. The van der Waals surface area contributed by atoms with E-state index in [0.29, 0.717) is 35.5 Å². The summed E-state index contributed by atoms with van der Waals surface area (Å²) < 4.78 is 19.7. The van der Waals surface area contributed by atoms with Crippen molar-refractivity contribution in [1.29, 1.82) is 5.26 Å². The maximum absolute atomic E-state index is 13.3. The molecule has 0 radical (unpaired) electrons. The highest BCUT2D eigenvalue weighted by atomic mass is 16.7. The first-order valence-corrected chi connectivity index (χ1v) is 14.4. The van der Waals surface area contributed by atoms with Gasteiger partial charge >= 0.3 is 0 Å². The molecule has 206 valence electrons. The lowest BCUT2D eigenvalue weighted by molar-refractivity contribution is -0.330. The summed E-state index contributed by atoms with van der Waals surface area (Å²) in [5, 5.41) is 23.7. The van der Waals surface area contributed by atoms with Gasteiger partial charge in [0.1, 0.15) is 12.2 Å². The minimum absolute atomic E-state index is 0.0358. The molecule has 7 nitrogen and oxygen atoms in total. The number of aliphatic hydroxyl groups excluding tert-OH is 1. The molecule has 7 rings (SSSR count). The molecular weight excluding hydrogens is 492 g/mol. The zero-order valence-electron chi connectivity index (χ0n) is 22.5. The van der Waals surface area contributed by atoms with Gasteiger partial charge in [0.15, 0.2) is 6.29 Å². The zero-order valence-corrected chi connectivity index (χ0v) is 22.5. The van der Waals surface area contributed by atoms with Gasteiger partial charge < -0.3 is 24.6 Å². The molecule has 1 saturated heterocycles. The van der Waals surface area contributed by atoms with Crippen LogP contribution in [0.2, 0.25) is 0 Å². The van der Waals surface area contributed by atoms with Gasteiger partial charge in [-0.1, -0.05) is 48.5 Å². The van der Waals surface area contributed by atoms with E-state index in [1.165, 1.54) is 19.3 Å². The highest BCUT2D eigenvalue weighted by Crippen LogP contribution is 2.57. The van der Waals surface area contributed by atoms with Gasteiger partial charge in [-0.3, -0.25) is 4.79 Å². The maximum atomic E-state index is 13.3. The molecule has 2 N–H and O–H groups in total. The van der Waals surface area contributed by atoms with Crippen LogP contribution >= 0.6 is 0 Å². The van der Waals surface area contributed by atoms with Crippen LogP contribution in [0.4, 0.5) is 0 Å². The lowest BCUT2D eigenvalue weighted by Gasteiger charge is -2.58. The molecule has 0 spiro atoms. The minimum Gasteiger partial charge on any atom is -0.388 e. The van der Waals surface area contributed by atoms with Crippen LogP contribution in [-0.4, -0.2) is 47.3 Å². The van der Waals surface area contributed by atoms with Crippen molar-refractivity contribution in [1.82, 2.24) is 5.32 Å². The zero-order chi connectivity index (χ0) is 27.0. The average molecular weight is 531 g/mol. The number of benzene rings is 2. The van der Waals surface area contributed by atoms with Crippen molar-refractivity contribution < 1.29 is 24.1 Å². The summed E-state index contributed by atoms with van der Waals surface area (Å²) in [4.78, 5) is 13.3. The van der Waals surface area contributed by atoms with Crippen molar-refractivity contribution in [3.05, 3.63) is 71.3 Å². The molecule has 5 aliphatic rings. The number of hydrogen-bond acceptors (Lipinski definition) is 6. The first-order chi connectivity index (χ1) is 18.9. The molecular formula is C32H38N2O5. The second-order valence-corrected chi connectivity index (χ2v) is 12.2. The Kier molecular flexibility index (Phi) is 7.47. The number of aliphatic hydroxyl groups is 1. The quantitative estimate of drug-likeness (QED) is 0.529. The predicted molar refractivity (Wildman–Crippen MR) is 144 cm³/mol. The summed E-state index contributed by atoms with van der Waals surface area (Å²) in [6, 6.07) is 18.4. The molecule has 1 amide bonds. The smallest absolute Gasteiger partial charge is 0.224 e. The van der Waals surface area contributed by atoms with Crippen molar-refractivity contribution in [2.45, 2.75) is 94.7 Å². The van der Waals surface area contributed by atoms with E-state index in [-0.39, 0.29) is 17.9 Å². The van der Waals surface area contributed by atoms with Crippen molar-refractivity contribution >= 4 is 5.91 Å². The van der Waals surface area contributed by atoms with Crippen molar-refractivity contribution in [3.8, 4) is 6.07 Å². The van der Waals surface area contributed by atoms with Gasteiger partial charge in [0.25, 0.3) is 0 Å². The molecule has 0 aromatic heterocycles. The largest absolute Gasteiger partial charge is 0.388 e. The van der Waals surface area contributed by atoms with E-state index in [2.05, 4.69) is 11.4 Å². The summed E-state index contributed by atoms with van der Waals surface area (Å²) >= 11 is 0. The first-order valence-electron chi connectivity index (χ1n) is 14.4. The topological polar surface area (TPSA) is 101 Å². The Hall–Kier alpha value is -2.76. The normalized spacial score (nSPS) is 36.8. The maximum Gasteiger partial charge on any atom is 0.224 e. The average Bonchev–Trinajstić information content (AvgIpc) is 2.91. The second-order valence-electron chi connectivity index (χ2n) is 12.2. The van der Waals surface area contributed by atoms with Crippen LogP contribution < -0.4 is 5.32 Å². The van der Waals surface area contributed by atoms with E-state index in [1.807, 2.05) is 43.3 Å². The van der Waals surface area contributed by atoms with E-state index in [0.717, 1.165) is 24.8 Å². The third-order valence-electron chi connectivity index (χ3n) is 9.27. The third kappa shape index (κ3) is 5.62. The van der Waals surface area contributed by atoms with E-state index in [4.69, 9.17) is 14.2 Å². The Morgan fingerprint density at radius 1 is 1.05 bits per heavy atom. The van der Waals surface area contributed by atoms with Crippen molar-refractivity contribution in [3.63, 3.8) is 0 Å². The summed E-state index contributed by atoms with van der Waals surface area (Å²) in [7, 11) is 0. The number of carbonyl (C=O) groups is 1. The highest BCUT2D eigenvalue weighted by molar-refractivity contribution is 5.79. The Balaban J connectivity index is 1.24. The monoisotopic (exact) mass is 530 g/mol. The SMILES string of the molecule is C[C@H]1O[C@@H](OC23CC4CC(CC(C4)C2)C3)[C@@H](OCc2ccccc2)[C@@H](NC(=O)Cc2ccccc2C#N)[C@@H]1O. The van der Waals surface area contributed by atoms with E-state index < -0.39 is 30.6 Å². The summed E-state index contributed by atoms with van der Waals surface area (Å²) in [5.41, 5.74) is 1.88. The number of carbonyl (C=O) groups excluding carboxylic acids is 1. The minimum atomic E-state index is -0.975. The van der Waals surface area contributed by atoms with Crippen LogP contribution in [-0.2, 0) is 32.0 Å². The molecule has 39 heavy (non-hydrogen) atoms. The predicted octanol–water partition coefficient (Wildman–Crippen LogP) is 4.26. The van der Waals surface area contributed by atoms with Crippen LogP contribution in [0.5, 0.6) is 0 Å². The van der Waals surface area contributed by atoms with Gasteiger partial charge in [-0.05, 0) is 80.4 Å². The molecule has 0 unspecified atom stereocenters. The van der Waals surface area contributed by atoms with Crippen molar-refractivity contribution in [2.24, 2.45) is 17.8 Å². The fraction of sp³-hybridized carbons (Fsp3) is 0.562. The lowest BCUT2D eigenvalue weighted by Crippen LogP contribution is -2.66. The van der Waals surface area contributed by atoms with Gasteiger partial charge in [0.2, 0.25) is 5.91 Å². The third-order valence-corrected chi connectivity index (χ3v) is 9.27. The summed E-state index contributed by atoms with van der Waals surface area (Å²) in [6.07, 6.45) is 4.16. The van der Waals surface area contributed by atoms with Gasteiger partial charge in [0, 0.05) is 0 Å². The van der Waals surface area contributed by atoms with Crippen LogP contribution in [0.15, 0.2) is 54.6 Å². The van der Waals surface area contributed by atoms with Crippen LogP contribution in [0.3, 0.4) is 0 Å². The van der Waals surface area contributed by atoms with Gasteiger partial charge in [-0.25, -0.2) is 0 Å². The molecule has 4 saturated carbocycles. The number of nitrogens with one attached hydrogen (secondary N) is 1. The molecule has 5 fully saturated rings. The Morgan fingerprint density at radius 3 is 2.36 bits per heavy atom. The molecule has 1 heterocycles. The fourth-order valence-electron chi connectivity index (χ4n) is 7.85. The summed E-state index contributed by atoms with van der Waals surface area (Å²) in [6.45, 7) is 2.12. The molecule has 7 heteroatoms. The second kappa shape index (κ2) is 11.0. The number of rotatable bonds is 8. The fourth-order valence-corrected chi connectivity index (χ4v) is 7.85. The number of hydrogen-bond donors (Lipinski definition) is 2. The number of ether oxygens (including phenoxy) is 3. The van der Waals surface area contributed by atoms with Gasteiger partial charge in [0.05, 0.1) is 42.4 Å². The summed E-state index contributed by atoms with van der Waals surface area (Å²) in [5.74, 6) is 1.85. The Morgan fingerprint density at radius 2 is 1.69 bits per heavy atom. The van der Waals surface area contributed by atoms with Crippen LogP contribution in [0, 0.1) is 29.1 Å². The number of amides is 1.